The van der Waals surface area contributed by atoms with E-state index in [0.29, 0.717) is 17.8 Å². The molecule has 0 radical (unpaired) electrons. The molecule has 2 aromatic carbocycles. The Hall–Kier alpha value is -2.72. The van der Waals surface area contributed by atoms with Gasteiger partial charge in [0.2, 0.25) is 10.0 Å². The third-order valence-corrected chi connectivity index (χ3v) is 5.22. The smallest absolute Gasteiger partial charge is 0.233 e. The van der Waals surface area contributed by atoms with Crippen molar-refractivity contribution in [2.75, 3.05) is 0 Å². The molecule has 2 N–H and O–H groups in total. The Kier molecular flexibility index (Phi) is 5.02. The number of aryl methyl sites for hydroxylation is 2. The lowest BCUT2D eigenvalue weighted by Crippen LogP contribution is -2.15. The van der Waals surface area contributed by atoms with E-state index in [-0.39, 0.29) is 5.69 Å². The monoisotopic (exact) mass is 413 g/mol. The second-order valence-corrected chi connectivity index (χ2v) is 7.77. The van der Waals surface area contributed by atoms with E-state index in [1.807, 2.05) is 6.92 Å². The van der Waals surface area contributed by atoms with Crippen molar-refractivity contribution in [2.24, 2.45) is 5.14 Å². The maximum Gasteiger partial charge on any atom is 0.282 e. The molecule has 1 heterocycles. The number of nitrogens with two attached hydrogens (primary N) is 1. The van der Waals surface area contributed by atoms with Crippen LogP contribution < -0.4 is 5.14 Å². The highest BCUT2D eigenvalue weighted by Crippen LogP contribution is 2.32. The first-order valence-corrected chi connectivity index (χ1v) is 9.51. The fraction of sp³-hybridized carbons (Fsp3) is 0.167. The molecule has 0 unspecified atom stereocenters. The molecule has 0 aliphatic carbocycles. The summed E-state index contributed by atoms with van der Waals surface area (Å²) in [7, 11) is -4.49. The van der Waals surface area contributed by atoms with Crippen LogP contribution in [0.3, 0.4) is 0 Å². The average molecular weight is 413 g/mol. The van der Waals surface area contributed by atoms with Gasteiger partial charge in [0, 0.05) is 5.56 Å². The zero-order valence-corrected chi connectivity index (χ0v) is 15.6. The Bertz CT molecular complexity index is 1170. The van der Waals surface area contributed by atoms with Gasteiger partial charge in [-0.3, -0.25) is 0 Å². The lowest BCUT2D eigenvalue weighted by atomic mass is 10.1. The number of aromatic nitrogens is 2. The first-order chi connectivity index (χ1) is 13.0. The number of alkyl halides is 2. The predicted molar refractivity (Wildman–Crippen MR) is 94.7 cm³/mol. The molecule has 0 bridgehead atoms. The summed E-state index contributed by atoms with van der Waals surface area (Å²) >= 11 is 0. The van der Waals surface area contributed by atoms with Crippen molar-refractivity contribution >= 4 is 10.0 Å². The number of benzene rings is 2. The van der Waals surface area contributed by atoms with Crippen LogP contribution in [0.4, 0.5) is 17.6 Å². The summed E-state index contributed by atoms with van der Waals surface area (Å²) in [6.45, 7) is 3.66. The molecule has 0 amide bonds. The van der Waals surface area contributed by atoms with Crippen LogP contribution in [-0.4, -0.2) is 18.2 Å². The molecule has 148 valence electrons. The number of halogens is 4. The molecule has 0 saturated carbocycles. The van der Waals surface area contributed by atoms with Crippen LogP contribution in [0.1, 0.15) is 23.2 Å². The molecule has 3 aromatic rings. The van der Waals surface area contributed by atoms with E-state index >= 15 is 0 Å². The van der Waals surface area contributed by atoms with Gasteiger partial charge in [-0.05, 0) is 55.3 Å². The van der Waals surface area contributed by atoms with Crippen molar-refractivity contribution in [3.63, 3.8) is 0 Å². The number of hydrogen-bond acceptors (Lipinski definition) is 3. The van der Waals surface area contributed by atoms with Crippen molar-refractivity contribution in [3.05, 3.63) is 64.9 Å². The van der Waals surface area contributed by atoms with E-state index in [0.717, 1.165) is 21.9 Å². The fourth-order valence-electron chi connectivity index (χ4n) is 2.69. The Labute approximate surface area is 158 Å². The quantitative estimate of drug-likeness (QED) is 0.657. The lowest BCUT2D eigenvalue weighted by Gasteiger charge is -2.11. The van der Waals surface area contributed by atoms with E-state index in [1.54, 1.807) is 25.1 Å². The Balaban J connectivity index is 2.27. The predicted octanol–water partition coefficient (Wildman–Crippen LogP) is 4.02. The highest BCUT2D eigenvalue weighted by molar-refractivity contribution is 7.89. The Morgan fingerprint density at radius 1 is 1.00 bits per heavy atom. The van der Waals surface area contributed by atoms with Gasteiger partial charge in [-0.1, -0.05) is 6.07 Å². The van der Waals surface area contributed by atoms with Crippen molar-refractivity contribution in [1.29, 1.82) is 0 Å². The number of primary sulfonamides is 1. The molecule has 28 heavy (non-hydrogen) atoms. The minimum absolute atomic E-state index is 0.157. The lowest BCUT2D eigenvalue weighted by molar-refractivity contribution is 0.145. The number of nitrogens with zero attached hydrogens (tertiary/aromatic N) is 2. The van der Waals surface area contributed by atoms with Crippen LogP contribution in [0.15, 0.2) is 41.3 Å². The molecule has 5 nitrogen and oxygen atoms in total. The topological polar surface area (TPSA) is 78.0 Å². The summed E-state index contributed by atoms with van der Waals surface area (Å²) in [4.78, 5) is -1.03. The fourth-order valence-corrected chi connectivity index (χ4v) is 3.29. The van der Waals surface area contributed by atoms with Crippen LogP contribution in [-0.2, 0) is 10.0 Å². The molecule has 1 aromatic heterocycles. The van der Waals surface area contributed by atoms with Gasteiger partial charge in [0.1, 0.15) is 22.2 Å². The van der Waals surface area contributed by atoms with Gasteiger partial charge in [0.15, 0.2) is 0 Å². The van der Waals surface area contributed by atoms with E-state index < -0.39 is 44.2 Å². The van der Waals surface area contributed by atoms with Crippen molar-refractivity contribution in [1.82, 2.24) is 9.78 Å². The first kappa shape index (κ1) is 20.0. The molecule has 0 aliphatic rings. The van der Waals surface area contributed by atoms with Gasteiger partial charge >= 0.3 is 0 Å². The van der Waals surface area contributed by atoms with Gasteiger partial charge in [-0.25, -0.2) is 35.8 Å². The number of hydrogen-bond donors (Lipinski definition) is 1. The maximum atomic E-state index is 14.6. The normalized spacial score (nSPS) is 12.0. The second kappa shape index (κ2) is 7.02. The zero-order chi connectivity index (χ0) is 20.8. The summed E-state index contributed by atoms with van der Waals surface area (Å²) in [5.74, 6) is -2.44. The van der Waals surface area contributed by atoms with Gasteiger partial charge in [0.05, 0.1) is 11.4 Å². The standard InChI is InChI=1S/C18H15F4N3O2S/c1-9-3-4-11(5-10(9)2)25-16(8-15(24-25)18(21)22)12-6-14(20)17(7-13(12)19)28(23,26)27/h3-8,18H,1-2H3,(H2,23,26,27). The largest absolute Gasteiger partial charge is 0.282 e. The van der Waals surface area contributed by atoms with Crippen molar-refractivity contribution in [2.45, 2.75) is 25.2 Å². The molecule has 0 atom stereocenters. The van der Waals surface area contributed by atoms with E-state index in [4.69, 9.17) is 5.14 Å². The summed E-state index contributed by atoms with van der Waals surface area (Å²) in [5.41, 5.74) is 0.928. The minimum Gasteiger partial charge on any atom is -0.233 e. The first-order valence-electron chi connectivity index (χ1n) is 7.97. The Morgan fingerprint density at radius 3 is 2.25 bits per heavy atom. The molecule has 0 fully saturated rings. The van der Waals surface area contributed by atoms with Crippen LogP contribution in [0.5, 0.6) is 0 Å². The highest BCUT2D eigenvalue weighted by Gasteiger charge is 2.24. The van der Waals surface area contributed by atoms with Crippen LogP contribution in [0.2, 0.25) is 0 Å². The van der Waals surface area contributed by atoms with Crippen LogP contribution >= 0.6 is 0 Å². The third-order valence-electron chi connectivity index (χ3n) is 4.29. The molecule has 10 heteroatoms. The zero-order valence-electron chi connectivity index (χ0n) is 14.7. The average Bonchev–Trinajstić information content (AvgIpc) is 3.03. The van der Waals surface area contributed by atoms with Gasteiger partial charge in [0.25, 0.3) is 6.43 Å². The highest BCUT2D eigenvalue weighted by atomic mass is 32.2. The summed E-state index contributed by atoms with van der Waals surface area (Å²) < 4.78 is 79.0. The molecular weight excluding hydrogens is 398 g/mol. The van der Waals surface area contributed by atoms with Gasteiger partial charge in [-0.2, -0.15) is 5.10 Å². The SMILES string of the molecule is Cc1ccc(-n2nc(C(F)F)cc2-c2cc(F)c(S(N)(=O)=O)cc2F)cc1C. The second-order valence-electron chi connectivity index (χ2n) is 6.24. The molecule has 0 aliphatic heterocycles. The van der Waals surface area contributed by atoms with Crippen molar-refractivity contribution < 1.29 is 26.0 Å². The summed E-state index contributed by atoms with van der Waals surface area (Å²) in [5, 5.41) is 8.66. The van der Waals surface area contributed by atoms with Crippen LogP contribution in [0.25, 0.3) is 16.9 Å². The molecular formula is C18H15F4N3O2S. The Morgan fingerprint density at radius 2 is 1.68 bits per heavy atom. The van der Waals surface area contributed by atoms with E-state index in [2.05, 4.69) is 5.10 Å². The van der Waals surface area contributed by atoms with Crippen molar-refractivity contribution in [3.8, 4) is 16.9 Å². The third kappa shape index (κ3) is 3.65. The van der Waals surface area contributed by atoms with E-state index in [1.165, 1.54) is 0 Å². The van der Waals surface area contributed by atoms with E-state index in [9.17, 15) is 26.0 Å². The summed E-state index contributed by atoms with van der Waals surface area (Å²) in [6, 6.07) is 6.93. The minimum atomic E-state index is -4.49. The maximum absolute atomic E-state index is 14.6. The molecule has 3 rings (SSSR count). The molecule has 0 spiro atoms. The van der Waals surface area contributed by atoms with Crippen LogP contribution in [0, 0.1) is 25.5 Å². The number of sulfonamides is 1. The summed E-state index contributed by atoms with van der Waals surface area (Å²) in [6.07, 6.45) is -2.94. The van der Waals surface area contributed by atoms with Gasteiger partial charge < -0.3 is 0 Å². The number of rotatable bonds is 4. The molecule has 0 saturated heterocycles. The van der Waals surface area contributed by atoms with Gasteiger partial charge in [-0.15, -0.1) is 0 Å².